The first-order valence-electron chi connectivity index (χ1n) is 8.14. The smallest absolute Gasteiger partial charge is 0.331 e. The lowest BCUT2D eigenvalue weighted by Crippen LogP contribution is -2.29. The van der Waals surface area contributed by atoms with Gasteiger partial charge in [0.15, 0.2) is 17.6 Å². The van der Waals surface area contributed by atoms with Crippen molar-refractivity contribution < 1.29 is 23.8 Å². The molecule has 27 heavy (non-hydrogen) atoms. The van der Waals surface area contributed by atoms with Gasteiger partial charge in [-0.15, -0.1) is 0 Å². The number of nitriles is 1. The van der Waals surface area contributed by atoms with Crippen molar-refractivity contribution in [1.82, 2.24) is 0 Å². The molecule has 1 amide bonds. The van der Waals surface area contributed by atoms with Crippen LogP contribution in [0.4, 0.5) is 5.69 Å². The van der Waals surface area contributed by atoms with Crippen LogP contribution in [0.1, 0.15) is 18.1 Å². The lowest BCUT2D eigenvalue weighted by atomic mass is 10.2. The van der Waals surface area contributed by atoms with Crippen LogP contribution in [-0.4, -0.2) is 24.8 Å². The summed E-state index contributed by atoms with van der Waals surface area (Å²) in [6.45, 7) is 1.64. The first-order valence-corrected chi connectivity index (χ1v) is 8.14. The molecular weight excluding hydrogens is 348 g/mol. The summed E-state index contributed by atoms with van der Waals surface area (Å²) in [4.78, 5) is 24.1. The van der Waals surface area contributed by atoms with Crippen LogP contribution in [-0.2, 0) is 14.3 Å². The Labute approximate surface area is 155 Å². The number of carbonyl (C=O) groups excluding carboxylic acids is 2. The largest absolute Gasteiger partial charge is 0.454 e. The van der Waals surface area contributed by atoms with Gasteiger partial charge in [-0.05, 0) is 48.9 Å². The monoisotopic (exact) mass is 364 g/mol. The predicted molar refractivity (Wildman–Crippen MR) is 96.9 cm³/mol. The summed E-state index contributed by atoms with van der Waals surface area (Å²) in [5.74, 6) is 0.120. The van der Waals surface area contributed by atoms with E-state index >= 15 is 0 Å². The van der Waals surface area contributed by atoms with Gasteiger partial charge in [0.25, 0.3) is 5.91 Å². The maximum atomic E-state index is 12.1. The maximum Gasteiger partial charge on any atom is 0.331 e. The van der Waals surface area contributed by atoms with Gasteiger partial charge in [-0.3, -0.25) is 4.79 Å². The highest BCUT2D eigenvalue weighted by Crippen LogP contribution is 2.32. The first-order chi connectivity index (χ1) is 13.0. The van der Waals surface area contributed by atoms with Crippen molar-refractivity contribution in [2.75, 3.05) is 12.1 Å². The van der Waals surface area contributed by atoms with E-state index in [2.05, 4.69) is 5.32 Å². The van der Waals surface area contributed by atoms with E-state index in [9.17, 15) is 9.59 Å². The number of rotatable bonds is 5. The molecule has 0 aromatic heterocycles. The van der Waals surface area contributed by atoms with Crippen LogP contribution < -0.4 is 14.8 Å². The molecule has 2 aromatic carbocycles. The molecule has 0 fully saturated rings. The number of anilines is 1. The molecule has 0 spiro atoms. The molecule has 7 heteroatoms. The molecule has 136 valence electrons. The molecule has 1 N–H and O–H groups in total. The Morgan fingerprint density at radius 1 is 1.22 bits per heavy atom. The Kier molecular flexibility index (Phi) is 5.38. The van der Waals surface area contributed by atoms with Crippen molar-refractivity contribution >= 4 is 23.6 Å². The van der Waals surface area contributed by atoms with Gasteiger partial charge < -0.3 is 19.5 Å². The van der Waals surface area contributed by atoms with Gasteiger partial charge in [0, 0.05) is 11.8 Å². The topological polar surface area (TPSA) is 97.7 Å². The highest BCUT2D eigenvalue weighted by molar-refractivity contribution is 5.96. The summed E-state index contributed by atoms with van der Waals surface area (Å²) in [6, 6.07) is 13.7. The number of ether oxygens (including phenoxy) is 3. The van der Waals surface area contributed by atoms with Crippen LogP contribution in [0.2, 0.25) is 0 Å². The number of nitrogens with zero attached hydrogens (tertiary/aromatic N) is 1. The van der Waals surface area contributed by atoms with E-state index < -0.39 is 18.0 Å². The normalized spacial score (nSPS) is 13.0. The quantitative estimate of drug-likeness (QED) is 0.647. The Hall–Kier alpha value is -3.79. The van der Waals surface area contributed by atoms with E-state index in [0.29, 0.717) is 22.7 Å². The van der Waals surface area contributed by atoms with Crippen LogP contribution in [0.5, 0.6) is 11.5 Å². The number of fused-ring (bicyclic) bond motifs is 1. The summed E-state index contributed by atoms with van der Waals surface area (Å²) in [5.41, 5.74) is 1.61. The number of hydrogen-bond donors (Lipinski definition) is 1. The zero-order valence-corrected chi connectivity index (χ0v) is 14.5. The van der Waals surface area contributed by atoms with Crippen molar-refractivity contribution in [3.05, 3.63) is 59.7 Å². The molecule has 0 bridgehead atoms. The molecule has 0 aliphatic carbocycles. The fourth-order valence-electron chi connectivity index (χ4n) is 2.36. The number of amides is 1. The zero-order valence-electron chi connectivity index (χ0n) is 14.5. The van der Waals surface area contributed by atoms with E-state index in [1.807, 2.05) is 6.07 Å². The molecule has 1 atom stereocenters. The van der Waals surface area contributed by atoms with Gasteiger partial charge in [0.2, 0.25) is 6.79 Å². The predicted octanol–water partition coefficient (Wildman–Crippen LogP) is 2.87. The summed E-state index contributed by atoms with van der Waals surface area (Å²) in [6.07, 6.45) is 1.80. The van der Waals surface area contributed by atoms with Crippen LogP contribution in [0.15, 0.2) is 48.5 Å². The van der Waals surface area contributed by atoms with Crippen LogP contribution >= 0.6 is 0 Å². The fourth-order valence-corrected chi connectivity index (χ4v) is 2.36. The SMILES string of the molecule is CC(OC(=O)/C=C/c1ccc2c(c1)OCO2)C(=O)Nc1cccc(C#N)c1. The second kappa shape index (κ2) is 8.06. The van der Waals surface area contributed by atoms with Crippen molar-refractivity contribution in [3.8, 4) is 17.6 Å². The van der Waals surface area contributed by atoms with E-state index in [4.69, 9.17) is 19.5 Å². The van der Waals surface area contributed by atoms with Crippen molar-refractivity contribution in [2.45, 2.75) is 13.0 Å². The Bertz CT molecular complexity index is 946. The molecule has 0 saturated heterocycles. The first kappa shape index (κ1) is 18.0. The highest BCUT2D eigenvalue weighted by Gasteiger charge is 2.17. The van der Waals surface area contributed by atoms with Crippen molar-refractivity contribution in [3.63, 3.8) is 0 Å². The molecule has 1 heterocycles. The fraction of sp³-hybridized carbons (Fsp3) is 0.150. The standard InChI is InChI=1S/C20H16N2O5/c1-13(20(24)22-16-4-2-3-15(9-16)11-21)27-19(23)8-6-14-5-7-17-18(10-14)26-12-25-17/h2-10,13H,12H2,1H3,(H,22,24)/b8-6+. The van der Waals surface area contributed by atoms with Crippen LogP contribution in [0.25, 0.3) is 6.08 Å². The Morgan fingerprint density at radius 3 is 2.85 bits per heavy atom. The highest BCUT2D eigenvalue weighted by atomic mass is 16.7. The Morgan fingerprint density at radius 2 is 2.04 bits per heavy atom. The molecule has 0 saturated carbocycles. The second-order valence-electron chi connectivity index (χ2n) is 5.71. The van der Waals surface area contributed by atoms with E-state index in [-0.39, 0.29) is 6.79 Å². The minimum atomic E-state index is -0.996. The molecule has 3 rings (SSSR count). The number of esters is 1. The van der Waals surface area contributed by atoms with Crippen LogP contribution in [0.3, 0.4) is 0 Å². The third-order valence-corrected chi connectivity index (χ3v) is 3.73. The van der Waals surface area contributed by atoms with Gasteiger partial charge in [0.05, 0.1) is 11.6 Å². The summed E-state index contributed by atoms with van der Waals surface area (Å²) < 4.78 is 15.6. The Balaban J connectivity index is 1.55. The molecule has 1 aliphatic rings. The third kappa shape index (κ3) is 4.64. The van der Waals surface area contributed by atoms with Crippen molar-refractivity contribution in [2.24, 2.45) is 0 Å². The molecule has 0 radical (unpaired) electrons. The van der Waals surface area contributed by atoms with Gasteiger partial charge >= 0.3 is 5.97 Å². The summed E-state index contributed by atoms with van der Waals surface area (Å²) in [5, 5.41) is 11.5. The molecule has 1 unspecified atom stereocenters. The number of carbonyl (C=O) groups is 2. The average Bonchev–Trinajstić information content (AvgIpc) is 3.14. The van der Waals surface area contributed by atoms with Gasteiger partial charge in [0.1, 0.15) is 0 Å². The van der Waals surface area contributed by atoms with Gasteiger partial charge in [-0.2, -0.15) is 5.26 Å². The van der Waals surface area contributed by atoms with Crippen molar-refractivity contribution in [1.29, 1.82) is 5.26 Å². The molecular formula is C20H16N2O5. The average molecular weight is 364 g/mol. The second-order valence-corrected chi connectivity index (χ2v) is 5.71. The number of nitrogens with one attached hydrogen (secondary N) is 1. The lowest BCUT2D eigenvalue weighted by Gasteiger charge is -2.12. The number of hydrogen-bond acceptors (Lipinski definition) is 6. The molecule has 2 aromatic rings. The number of benzene rings is 2. The van der Waals surface area contributed by atoms with E-state index in [0.717, 1.165) is 5.56 Å². The molecule has 7 nitrogen and oxygen atoms in total. The minimum absolute atomic E-state index is 0.175. The van der Waals surface area contributed by atoms with Gasteiger partial charge in [-0.25, -0.2) is 4.79 Å². The van der Waals surface area contributed by atoms with E-state index in [1.54, 1.807) is 42.5 Å². The molecule has 1 aliphatic heterocycles. The van der Waals surface area contributed by atoms with Gasteiger partial charge in [-0.1, -0.05) is 12.1 Å². The maximum absolute atomic E-state index is 12.1. The summed E-state index contributed by atoms with van der Waals surface area (Å²) in [7, 11) is 0. The lowest BCUT2D eigenvalue weighted by molar-refractivity contribution is -0.148. The van der Waals surface area contributed by atoms with E-state index in [1.165, 1.54) is 19.1 Å². The minimum Gasteiger partial charge on any atom is -0.454 e. The third-order valence-electron chi connectivity index (χ3n) is 3.73. The zero-order chi connectivity index (χ0) is 19.2. The summed E-state index contributed by atoms with van der Waals surface area (Å²) >= 11 is 0. The van der Waals surface area contributed by atoms with Crippen LogP contribution in [0, 0.1) is 11.3 Å².